The van der Waals surface area contributed by atoms with E-state index in [9.17, 15) is 8.42 Å². The van der Waals surface area contributed by atoms with E-state index in [0.29, 0.717) is 18.4 Å². The van der Waals surface area contributed by atoms with Gasteiger partial charge >= 0.3 is 0 Å². The zero-order chi connectivity index (χ0) is 20.7. The average Bonchev–Trinajstić information content (AvgIpc) is 2.72. The largest absolute Gasteiger partial charge is 0.475 e. The number of hydrogen-bond acceptors (Lipinski definition) is 6. The van der Waals surface area contributed by atoms with Gasteiger partial charge in [-0.25, -0.2) is 18.4 Å². The molecule has 1 heterocycles. The van der Waals surface area contributed by atoms with Crippen LogP contribution < -0.4 is 9.46 Å². The first kappa shape index (κ1) is 20.8. The van der Waals surface area contributed by atoms with E-state index in [-0.39, 0.29) is 29.8 Å². The minimum absolute atomic E-state index is 0.0551. The maximum Gasteiger partial charge on any atom is 0.263 e. The summed E-state index contributed by atoms with van der Waals surface area (Å²) < 4.78 is 33.7. The van der Waals surface area contributed by atoms with E-state index < -0.39 is 10.0 Å². The van der Waals surface area contributed by atoms with Crippen molar-refractivity contribution in [3.8, 4) is 5.88 Å². The van der Waals surface area contributed by atoms with Gasteiger partial charge in [0.25, 0.3) is 10.0 Å². The van der Waals surface area contributed by atoms with E-state index in [0.717, 1.165) is 11.1 Å². The molecule has 152 valence electrons. The van der Waals surface area contributed by atoms with Crippen LogP contribution in [0.5, 0.6) is 5.88 Å². The van der Waals surface area contributed by atoms with Crippen molar-refractivity contribution in [2.75, 3.05) is 17.9 Å². The lowest BCUT2D eigenvalue weighted by molar-refractivity contribution is 0.195. The molecule has 2 aromatic carbocycles. The fourth-order valence-corrected chi connectivity index (χ4v) is 3.84. The number of nitrogens with one attached hydrogen (secondary N) is 1. The fourth-order valence-electron chi connectivity index (χ4n) is 2.79. The summed E-state index contributed by atoms with van der Waals surface area (Å²) in [6.45, 7) is 1.77. The summed E-state index contributed by atoms with van der Waals surface area (Å²) in [5, 5.41) is 9.07. The molecule has 29 heavy (non-hydrogen) atoms. The number of sulfonamides is 1. The molecule has 0 spiro atoms. The van der Waals surface area contributed by atoms with Crippen molar-refractivity contribution < 1.29 is 18.3 Å². The van der Waals surface area contributed by atoms with E-state index >= 15 is 0 Å². The summed E-state index contributed by atoms with van der Waals surface area (Å²) in [6, 6.07) is 16.4. The second kappa shape index (κ2) is 9.49. The predicted molar refractivity (Wildman–Crippen MR) is 110 cm³/mol. The molecule has 0 atom stereocenters. The first-order chi connectivity index (χ1) is 14.0. The molecule has 0 aliphatic rings. The Balaban J connectivity index is 1.91. The average molecular weight is 413 g/mol. The molecule has 0 fully saturated rings. The number of aromatic nitrogens is 2. The van der Waals surface area contributed by atoms with Gasteiger partial charge in [0.15, 0.2) is 0 Å². The van der Waals surface area contributed by atoms with Crippen LogP contribution in [0.4, 0.5) is 5.82 Å². The molecule has 0 amide bonds. The minimum Gasteiger partial charge on any atom is -0.475 e. The molecule has 2 N–H and O–H groups in total. The highest BCUT2D eigenvalue weighted by atomic mass is 32.2. The Labute approximate surface area is 170 Å². The summed E-state index contributed by atoms with van der Waals surface area (Å²) in [6.07, 6.45) is 2.37. The highest BCUT2D eigenvalue weighted by Gasteiger charge is 2.20. The van der Waals surface area contributed by atoms with Gasteiger partial charge in [-0.3, -0.25) is 4.72 Å². The van der Waals surface area contributed by atoms with Gasteiger partial charge in [-0.15, -0.1) is 0 Å². The lowest BCUT2D eigenvalue weighted by Gasteiger charge is -2.15. The molecule has 3 aromatic rings. The Morgan fingerprint density at radius 1 is 1.00 bits per heavy atom. The Morgan fingerprint density at radius 2 is 1.72 bits per heavy atom. The third kappa shape index (κ3) is 5.52. The second-order valence-corrected chi connectivity index (χ2v) is 8.16. The topological polar surface area (TPSA) is 101 Å². The Hall–Kier alpha value is -2.97. The number of aliphatic hydroxyl groups is 1. The molecule has 0 radical (unpaired) electrons. The van der Waals surface area contributed by atoms with Crippen LogP contribution in [0.3, 0.4) is 0 Å². The van der Waals surface area contributed by atoms with E-state index in [1.165, 1.54) is 6.33 Å². The van der Waals surface area contributed by atoms with Gasteiger partial charge in [-0.05, 0) is 37.5 Å². The van der Waals surface area contributed by atoms with Crippen molar-refractivity contribution in [1.82, 2.24) is 9.97 Å². The number of rotatable bonds is 9. The van der Waals surface area contributed by atoms with Crippen molar-refractivity contribution in [3.63, 3.8) is 0 Å². The molecule has 3 rings (SSSR count). The molecule has 0 saturated heterocycles. The van der Waals surface area contributed by atoms with Crippen molar-refractivity contribution in [2.45, 2.75) is 24.7 Å². The summed E-state index contributed by atoms with van der Waals surface area (Å²) in [5.74, 6) is 0.427. The molecule has 0 saturated carbocycles. The van der Waals surface area contributed by atoms with E-state index in [2.05, 4.69) is 14.7 Å². The van der Waals surface area contributed by atoms with Gasteiger partial charge in [0.05, 0.1) is 17.1 Å². The van der Waals surface area contributed by atoms with Crippen LogP contribution in [0.1, 0.15) is 16.7 Å². The van der Waals surface area contributed by atoms with E-state index in [4.69, 9.17) is 9.84 Å². The Morgan fingerprint density at radius 3 is 2.41 bits per heavy atom. The molecule has 0 unspecified atom stereocenters. The van der Waals surface area contributed by atoms with Crippen LogP contribution in [0.15, 0.2) is 65.8 Å². The van der Waals surface area contributed by atoms with Gasteiger partial charge in [-0.1, -0.05) is 48.0 Å². The summed E-state index contributed by atoms with van der Waals surface area (Å²) in [7, 11) is -3.82. The van der Waals surface area contributed by atoms with E-state index in [1.807, 2.05) is 37.3 Å². The summed E-state index contributed by atoms with van der Waals surface area (Å²) in [5.41, 5.74) is 2.60. The molecule has 7 nitrogen and oxygen atoms in total. The highest BCUT2D eigenvalue weighted by molar-refractivity contribution is 7.92. The highest BCUT2D eigenvalue weighted by Crippen LogP contribution is 2.26. The van der Waals surface area contributed by atoms with E-state index in [1.54, 1.807) is 24.3 Å². The lowest BCUT2D eigenvalue weighted by atomic mass is 10.1. The summed E-state index contributed by atoms with van der Waals surface area (Å²) >= 11 is 0. The van der Waals surface area contributed by atoms with Crippen molar-refractivity contribution >= 4 is 15.8 Å². The summed E-state index contributed by atoms with van der Waals surface area (Å²) in [4.78, 5) is 8.42. The quantitative estimate of drug-likeness (QED) is 0.559. The zero-order valence-corrected chi connectivity index (χ0v) is 16.9. The van der Waals surface area contributed by atoms with Gasteiger partial charge in [0.2, 0.25) is 5.88 Å². The van der Waals surface area contributed by atoms with Crippen molar-refractivity contribution in [1.29, 1.82) is 0 Å². The molecular weight excluding hydrogens is 390 g/mol. The molecule has 0 aliphatic heterocycles. The van der Waals surface area contributed by atoms with Gasteiger partial charge in [0.1, 0.15) is 18.8 Å². The second-order valence-electron chi connectivity index (χ2n) is 6.48. The molecule has 0 bridgehead atoms. The predicted octanol–water partition coefficient (Wildman–Crippen LogP) is 2.74. The van der Waals surface area contributed by atoms with Crippen molar-refractivity contribution in [3.05, 3.63) is 77.6 Å². The SMILES string of the molecule is Cc1ccc(S(=O)(=O)Nc2ncnc(OCCO)c2CCc2ccccc2)cc1. The number of hydrogen-bond donors (Lipinski definition) is 2. The lowest BCUT2D eigenvalue weighted by Crippen LogP contribution is -2.17. The third-order valence-electron chi connectivity index (χ3n) is 4.30. The standard InChI is InChI=1S/C21H23N3O4S/c1-16-7-10-18(11-8-16)29(26,27)24-20-19(12-9-17-5-3-2-4-6-17)21(23-15-22-20)28-14-13-25/h2-8,10-11,15,25H,9,12-14H2,1H3,(H,22,23,24). The number of benzene rings is 2. The number of nitrogens with zero attached hydrogens (tertiary/aromatic N) is 2. The molecular formula is C21H23N3O4S. The maximum absolute atomic E-state index is 12.8. The monoisotopic (exact) mass is 413 g/mol. The van der Waals surface area contributed by atoms with Crippen molar-refractivity contribution in [2.24, 2.45) is 0 Å². The normalized spacial score (nSPS) is 11.2. The minimum atomic E-state index is -3.82. The van der Waals surface area contributed by atoms with Crippen LogP contribution in [0, 0.1) is 6.92 Å². The van der Waals surface area contributed by atoms with Gasteiger partial charge < -0.3 is 9.84 Å². The number of aliphatic hydroxyl groups excluding tert-OH is 1. The first-order valence-corrected chi connectivity index (χ1v) is 10.7. The number of aryl methyl sites for hydroxylation is 2. The molecule has 1 aromatic heterocycles. The smallest absolute Gasteiger partial charge is 0.263 e. The first-order valence-electron chi connectivity index (χ1n) is 9.20. The zero-order valence-electron chi connectivity index (χ0n) is 16.1. The van der Waals surface area contributed by atoms with Gasteiger partial charge in [0, 0.05) is 0 Å². The molecule has 8 heteroatoms. The number of ether oxygens (including phenoxy) is 1. The molecule has 0 aliphatic carbocycles. The van der Waals surface area contributed by atoms with Crippen LogP contribution in [0.2, 0.25) is 0 Å². The number of anilines is 1. The van der Waals surface area contributed by atoms with Crippen LogP contribution in [0.25, 0.3) is 0 Å². The van der Waals surface area contributed by atoms with Gasteiger partial charge in [-0.2, -0.15) is 0 Å². The maximum atomic E-state index is 12.8. The Bertz CT molecular complexity index is 1040. The van der Waals surface area contributed by atoms with Crippen LogP contribution in [-0.4, -0.2) is 36.7 Å². The Kier molecular flexibility index (Phi) is 6.79. The third-order valence-corrected chi connectivity index (χ3v) is 5.66. The van der Waals surface area contributed by atoms with Crippen LogP contribution >= 0.6 is 0 Å². The van der Waals surface area contributed by atoms with Crippen LogP contribution in [-0.2, 0) is 22.9 Å². The fraction of sp³-hybridized carbons (Fsp3) is 0.238.